The van der Waals surface area contributed by atoms with Crippen LogP contribution in [0.1, 0.15) is 16.1 Å². The number of aromatic carboxylic acids is 1. The molecule has 1 aromatic heterocycles. The Hall–Kier alpha value is -2.13. The predicted octanol–water partition coefficient (Wildman–Crippen LogP) is 0.488. The average molecular weight is 233 g/mol. The third-order valence-electron chi connectivity index (χ3n) is 2.53. The van der Waals surface area contributed by atoms with Gasteiger partial charge in [0.25, 0.3) is 0 Å². The van der Waals surface area contributed by atoms with Crippen molar-refractivity contribution in [2.75, 3.05) is 31.2 Å². The molecule has 0 spiro atoms. The number of rotatable bonds is 2. The van der Waals surface area contributed by atoms with Gasteiger partial charge >= 0.3 is 5.97 Å². The van der Waals surface area contributed by atoms with Crippen LogP contribution in [0.3, 0.4) is 0 Å². The molecule has 0 unspecified atom stereocenters. The molecular weight excluding hydrogens is 222 g/mol. The van der Waals surface area contributed by atoms with Gasteiger partial charge in [-0.1, -0.05) is 0 Å². The lowest BCUT2D eigenvalue weighted by Crippen LogP contribution is -2.37. The monoisotopic (exact) mass is 233 g/mol. The molecule has 0 aromatic carbocycles. The van der Waals surface area contributed by atoms with E-state index in [0.29, 0.717) is 32.1 Å². The largest absolute Gasteiger partial charge is 0.478 e. The lowest BCUT2D eigenvalue weighted by atomic mass is 10.2. The second kappa shape index (κ2) is 4.80. The molecule has 1 fully saturated rings. The van der Waals surface area contributed by atoms with E-state index in [1.165, 1.54) is 12.1 Å². The quantitative estimate of drug-likeness (QED) is 0.799. The van der Waals surface area contributed by atoms with Gasteiger partial charge in [-0.3, -0.25) is 0 Å². The van der Waals surface area contributed by atoms with Gasteiger partial charge in [0, 0.05) is 13.1 Å². The smallest absolute Gasteiger partial charge is 0.339 e. The van der Waals surface area contributed by atoms with Crippen molar-refractivity contribution >= 4 is 11.8 Å². The lowest BCUT2D eigenvalue weighted by molar-refractivity contribution is 0.0696. The van der Waals surface area contributed by atoms with E-state index in [-0.39, 0.29) is 11.3 Å². The van der Waals surface area contributed by atoms with Gasteiger partial charge in [-0.15, -0.1) is 0 Å². The Balaban J connectivity index is 2.41. The lowest BCUT2D eigenvalue weighted by Gasteiger charge is -2.28. The van der Waals surface area contributed by atoms with E-state index in [2.05, 4.69) is 4.98 Å². The second-order valence-corrected chi connectivity index (χ2v) is 3.58. The molecule has 0 saturated carbocycles. The molecule has 0 radical (unpaired) electrons. The number of morpholine rings is 1. The fraction of sp³-hybridized carbons (Fsp3) is 0.364. The molecule has 1 aromatic rings. The van der Waals surface area contributed by atoms with Crippen LogP contribution in [0.15, 0.2) is 12.1 Å². The number of ether oxygens (including phenoxy) is 1. The number of hydrogen-bond acceptors (Lipinski definition) is 5. The molecule has 1 aliphatic rings. The summed E-state index contributed by atoms with van der Waals surface area (Å²) in [6, 6.07) is 4.74. The van der Waals surface area contributed by atoms with Crippen molar-refractivity contribution in [1.82, 2.24) is 4.98 Å². The maximum absolute atomic E-state index is 11.1. The van der Waals surface area contributed by atoms with Gasteiger partial charge < -0.3 is 14.7 Å². The molecule has 0 aliphatic carbocycles. The van der Waals surface area contributed by atoms with Crippen LogP contribution in [-0.4, -0.2) is 42.4 Å². The number of pyridine rings is 1. The van der Waals surface area contributed by atoms with Crippen LogP contribution in [0.2, 0.25) is 0 Å². The summed E-state index contributed by atoms with van der Waals surface area (Å²) >= 11 is 0. The Kier molecular flexibility index (Phi) is 3.21. The average Bonchev–Trinajstić information content (AvgIpc) is 2.39. The summed E-state index contributed by atoms with van der Waals surface area (Å²) in [6.07, 6.45) is 0. The van der Waals surface area contributed by atoms with E-state index >= 15 is 0 Å². The number of nitrogens with zero attached hydrogens (tertiary/aromatic N) is 3. The number of anilines is 1. The zero-order chi connectivity index (χ0) is 12.3. The Bertz CT molecular complexity index is 475. The molecule has 88 valence electrons. The predicted molar refractivity (Wildman–Crippen MR) is 58.9 cm³/mol. The van der Waals surface area contributed by atoms with Gasteiger partial charge in [0.15, 0.2) is 0 Å². The first-order valence-corrected chi connectivity index (χ1v) is 5.19. The summed E-state index contributed by atoms with van der Waals surface area (Å²) in [7, 11) is 0. The van der Waals surface area contributed by atoms with E-state index in [1.807, 2.05) is 11.0 Å². The van der Waals surface area contributed by atoms with Gasteiger partial charge in [0.05, 0.1) is 13.2 Å². The molecule has 0 atom stereocenters. The number of carbonyl (C=O) groups is 1. The molecule has 0 amide bonds. The van der Waals surface area contributed by atoms with Gasteiger partial charge in [0.2, 0.25) is 0 Å². The second-order valence-electron chi connectivity index (χ2n) is 3.58. The summed E-state index contributed by atoms with van der Waals surface area (Å²) < 4.78 is 5.20. The van der Waals surface area contributed by atoms with Gasteiger partial charge in [0.1, 0.15) is 23.1 Å². The summed E-state index contributed by atoms with van der Waals surface area (Å²) in [6.45, 7) is 2.25. The SMILES string of the molecule is N#Cc1ccc(C(=O)O)c(N2CCOCC2)n1. The molecule has 6 nitrogen and oxygen atoms in total. The van der Waals surface area contributed by atoms with Crippen molar-refractivity contribution in [1.29, 1.82) is 5.26 Å². The number of carboxylic acids is 1. The first-order chi connectivity index (χ1) is 8.22. The van der Waals surface area contributed by atoms with E-state index in [1.54, 1.807) is 0 Å². The highest BCUT2D eigenvalue weighted by Gasteiger charge is 2.20. The summed E-state index contributed by atoms with van der Waals surface area (Å²) in [5.41, 5.74) is 0.336. The highest BCUT2D eigenvalue weighted by atomic mass is 16.5. The summed E-state index contributed by atoms with van der Waals surface area (Å²) in [4.78, 5) is 17.0. The van der Waals surface area contributed by atoms with Gasteiger partial charge in [-0.2, -0.15) is 5.26 Å². The molecule has 6 heteroatoms. The van der Waals surface area contributed by atoms with Crippen LogP contribution in [0.5, 0.6) is 0 Å². The van der Waals surface area contributed by atoms with Crippen molar-refractivity contribution in [3.05, 3.63) is 23.4 Å². The van der Waals surface area contributed by atoms with Crippen LogP contribution in [0.25, 0.3) is 0 Å². The summed E-state index contributed by atoms with van der Waals surface area (Å²) in [5.74, 6) is -0.691. The first kappa shape index (κ1) is 11.4. The van der Waals surface area contributed by atoms with Crippen molar-refractivity contribution in [3.8, 4) is 6.07 Å². The number of aromatic nitrogens is 1. The maximum atomic E-state index is 11.1. The highest BCUT2D eigenvalue weighted by Crippen LogP contribution is 2.19. The zero-order valence-electron chi connectivity index (χ0n) is 9.09. The molecule has 2 heterocycles. The molecule has 0 bridgehead atoms. The Morgan fingerprint density at radius 3 is 2.76 bits per heavy atom. The van der Waals surface area contributed by atoms with Crippen LogP contribution < -0.4 is 4.90 Å². The van der Waals surface area contributed by atoms with Gasteiger partial charge in [-0.25, -0.2) is 9.78 Å². The highest BCUT2D eigenvalue weighted by molar-refractivity contribution is 5.93. The number of carboxylic acid groups (broad SMARTS) is 1. The Labute approximate surface area is 98.1 Å². The zero-order valence-corrected chi connectivity index (χ0v) is 9.09. The Morgan fingerprint density at radius 2 is 2.18 bits per heavy atom. The van der Waals surface area contributed by atoms with Crippen LogP contribution in [0, 0.1) is 11.3 Å². The third-order valence-corrected chi connectivity index (χ3v) is 2.53. The normalized spacial score (nSPS) is 15.4. The van der Waals surface area contributed by atoms with Crippen molar-refractivity contribution in [3.63, 3.8) is 0 Å². The molecule has 17 heavy (non-hydrogen) atoms. The number of nitriles is 1. The maximum Gasteiger partial charge on any atom is 0.339 e. The molecule has 2 rings (SSSR count). The molecule has 1 N–H and O–H groups in total. The van der Waals surface area contributed by atoms with Crippen molar-refractivity contribution in [2.24, 2.45) is 0 Å². The minimum absolute atomic E-state index is 0.117. The number of hydrogen-bond donors (Lipinski definition) is 1. The Morgan fingerprint density at radius 1 is 1.47 bits per heavy atom. The topological polar surface area (TPSA) is 86.5 Å². The van der Waals surface area contributed by atoms with Crippen LogP contribution in [0.4, 0.5) is 5.82 Å². The fourth-order valence-corrected chi connectivity index (χ4v) is 1.69. The molecule has 1 saturated heterocycles. The van der Waals surface area contributed by atoms with E-state index in [4.69, 9.17) is 15.1 Å². The fourth-order valence-electron chi connectivity index (χ4n) is 1.69. The van der Waals surface area contributed by atoms with Crippen molar-refractivity contribution in [2.45, 2.75) is 0 Å². The third kappa shape index (κ3) is 2.34. The van der Waals surface area contributed by atoms with Crippen LogP contribution in [-0.2, 0) is 4.74 Å². The minimum Gasteiger partial charge on any atom is -0.478 e. The van der Waals surface area contributed by atoms with Crippen molar-refractivity contribution < 1.29 is 14.6 Å². The molecule has 1 aliphatic heterocycles. The van der Waals surface area contributed by atoms with E-state index in [0.717, 1.165) is 0 Å². The standard InChI is InChI=1S/C11H11N3O3/c12-7-8-1-2-9(11(15)16)10(13-8)14-3-5-17-6-4-14/h1-2H,3-6H2,(H,15,16). The van der Waals surface area contributed by atoms with E-state index < -0.39 is 5.97 Å². The van der Waals surface area contributed by atoms with Crippen LogP contribution >= 0.6 is 0 Å². The van der Waals surface area contributed by atoms with Gasteiger partial charge in [-0.05, 0) is 12.1 Å². The summed E-state index contributed by atoms with van der Waals surface area (Å²) in [5, 5.41) is 17.9. The molecular formula is C11H11N3O3. The minimum atomic E-state index is -1.04. The first-order valence-electron chi connectivity index (χ1n) is 5.19. The van der Waals surface area contributed by atoms with E-state index in [9.17, 15) is 4.79 Å².